The van der Waals surface area contributed by atoms with Crippen LogP contribution in [0.25, 0.3) is 0 Å². The van der Waals surface area contributed by atoms with Crippen LogP contribution in [0.5, 0.6) is 0 Å². The summed E-state index contributed by atoms with van der Waals surface area (Å²) >= 11 is 5.25. The van der Waals surface area contributed by atoms with Crippen LogP contribution in [0.3, 0.4) is 0 Å². The van der Waals surface area contributed by atoms with E-state index in [1.54, 1.807) is 42.2 Å². The second-order valence-electron chi connectivity index (χ2n) is 26.8. The molecule has 92 heavy (non-hydrogen) atoms. The molecular weight excluding hydrogens is 1440 g/mol. The summed E-state index contributed by atoms with van der Waals surface area (Å²) in [6.07, 6.45) is 11.9. The van der Waals surface area contributed by atoms with Crippen LogP contribution in [-0.4, -0.2) is 282 Å². The SMILES string of the molecule is CC(O)CCO.CC[Si](C)(C)O[Si](C)(C)O[Si](C)(C)CCCOCCCO.C[Si](C)(CCCOCCO)O[Si](C)(C)O[Si](C)(C)CCCOCCO.C[Si](C)(CCCOCCO)O[Si](C)(C)O[Si](C)(C)CCCOCCO.[2H]P(C)CSC.[2H]P(C)CSC.[2H]P(C)CSC. The van der Waals surface area contributed by atoms with E-state index in [-0.39, 0.29) is 71.3 Å². The van der Waals surface area contributed by atoms with Gasteiger partial charge in [0.1, 0.15) is 0 Å². The number of thioether (sulfide) groups is 3. The van der Waals surface area contributed by atoms with Crippen LogP contribution in [0.2, 0.25) is 154 Å². The van der Waals surface area contributed by atoms with Crippen molar-refractivity contribution in [2.24, 2.45) is 0 Å². The zero-order chi connectivity index (χ0) is 75.3. The summed E-state index contributed by atoms with van der Waals surface area (Å²) in [7, 11) is -17.9. The summed E-state index contributed by atoms with van der Waals surface area (Å²) in [6, 6.07) is 6.38. The van der Waals surface area contributed by atoms with Gasteiger partial charge in [0, 0.05) is 69.3 Å². The lowest BCUT2D eigenvalue weighted by molar-refractivity contribution is 0.0922. The summed E-state index contributed by atoms with van der Waals surface area (Å²) in [5.41, 5.74) is 3.07. The molecule has 0 heterocycles. The molecule has 0 rings (SSSR count). The smallest absolute Gasteiger partial charge is 0.311 e. The van der Waals surface area contributed by atoms with Gasteiger partial charge in [-0.05, 0) is 245 Å². The summed E-state index contributed by atoms with van der Waals surface area (Å²) < 4.78 is 86.9. The van der Waals surface area contributed by atoms with Gasteiger partial charge < -0.3 is 84.1 Å². The van der Waals surface area contributed by atoms with Crippen LogP contribution in [0, 0.1) is 0 Å². The van der Waals surface area contributed by atoms with E-state index in [0.717, 1.165) is 97.9 Å². The Bertz CT molecular complexity index is 1480. The van der Waals surface area contributed by atoms with E-state index in [9.17, 15) is 0 Å². The third kappa shape index (κ3) is 93.6. The number of aliphatic hydroxyl groups excluding tert-OH is 7. The van der Waals surface area contributed by atoms with Gasteiger partial charge in [-0.3, -0.25) is 0 Å². The molecule has 0 bridgehead atoms. The van der Waals surface area contributed by atoms with Crippen LogP contribution >= 0.6 is 60.9 Å². The van der Waals surface area contributed by atoms with Crippen LogP contribution in [0.1, 0.15) is 58.8 Å². The first-order valence-corrected chi connectivity index (χ1v) is 69.1. The summed E-state index contributed by atoms with van der Waals surface area (Å²) in [5.74, 6) is 0. The molecule has 18 nitrogen and oxygen atoms in total. The molecule has 4 unspecified atom stereocenters. The molecule has 33 heteroatoms. The Morgan fingerprint density at radius 1 is 0.337 bits per heavy atom. The predicted octanol–water partition coefficient (Wildman–Crippen LogP) is 14.4. The highest BCUT2D eigenvalue weighted by atomic mass is 32.2. The maximum atomic E-state index is 8.72. The summed E-state index contributed by atoms with van der Waals surface area (Å²) in [4.78, 5) is 0. The van der Waals surface area contributed by atoms with E-state index in [0.29, 0.717) is 65.9 Å². The van der Waals surface area contributed by atoms with E-state index in [4.69, 9.17) is 88.0 Å². The highest BCUT2D eigenvalue weighted by Gasteiger charge is 2.41. The van der Waals surface area contributed by atoms with Gasteiger partial charge in [0.25, 0.3) is 0 Å². The normalized spacial score (nSPS) is 14.2. The minimum atomic E-state index is -2.16. The number of hydrogen-bond acceptors (Lipinski definition) is 21. The molecule has 0 saturated heterocycles. The molecule has 0 saturated carbocycles. The highest BCUT2D eigenvalue weighted by Crippen LogP contribution is 2.29. The van der Waals surface area contributed by atoms with Crippen molar-refractivity contribution in [1.29, 1.82) is 3.84 Å². The Balaban J connectivity index is -0.000000208. The van der Waals surface area contributed by atoms with Gasteiger partial charge in [-0.1, -0.05) is 6.92 Å². The molecule has 0 aliphatic rings. The molecule has 0 aromatic heterocycles. The average Bonchev–Trinajstić information content (AvgIpc) is 0.906. The van der Waals surface area contributed by atoms with E-state index in [1.165, 1.54) is 0 Å². The minimum absolute atomic E-state index is 0.0792. The maximum absolute atomic E-state index is 8.72. The fourth-order valence-electron chi connectivity index (χ4n) is 8.89. The van der Waals surface area contributed by atoms with Crippen molar-refractivity contribution >= 4 is 136 Å². The van der Waals surface area contributed by atoms with Gasteiger partial charge in [0.2, 0.25) is 0 Å². The van der Waals surface area contributed by atoms with Crippen LogP contribution in [0.4, 0.5) is 0 Å². The monoisotopic (exact) mass is 1590 g/mol. The highest BCUT2D eigenvalue weighted by molar-refractivity contribution is 8.03. The van der Waals surface area contributed by atoms with Gasteiger partial charge in [-0.15, -0.1) is 25.6 Å². The van der Waals surface area contributed by atoms with E-state index < -0.39 is 75.6 Å². The Kier molecular flexibility index (Phi) is 76.4. The molecule has 0 spiro atoms. The molecule has 0 aliphatic heterocycles. The number of rotatable bonds is 52. The fourth-order valence-corrected chi connectivity index (χ4v) is 53.2. The second-order valence-corrected chi connectivity index (χ2v) is 71.2. The minimum Gasteiger partial charge on any atom is -0.437 e. The Morgan fingerprint density at radius 2 is 0.543 bits per heavy atom. The van der Waals surface area contributed by atoms with Crippen LogP contribution < -0.4 is 0 Å². The van der Waals surface area contributed by atoms with Crippen molar-refractivity contribution < 1.29 is 84.1 Å². The molecule has 0 fully saturated rings. The lowest BCUT2D eigenvalue weighted by Crippen LogP contribution is -2.52. The number of hydrogen-bond donors (Lipinski definition) is 7. The van der Waals surface area contributed by atoms with Gasteiger partial charge in [0.05, 0.1) is 62.8 Å². The van der Waals surface area contributed by atoms with Crippen LogP contribution in [-0.2, 0) is 48.4 Å². The molecule has 4 atom stereocenters. The van der Waals surface area contributed by atoms with Crippen molar-refractivity contribution in [3.63, 3.8) is 0 Å². The fraction of sp³-hybridized carbons (Fsp3) is 1.00. The van der Waals surface area contributed by atoms with Gasteiger partial charge >= 0.3 is 25.7 Å². The van der Waals surface area contributed by atoms with E-state index in [2.05, 4.69) is 125 Å². The summed E-state index contributed by atoms with van der Waals surface area (Å²) in [6.45, 7) is 56.2. The molecule has 0 radical (unpaired) electrons. The lowest BCUT2D eigenvalue weighted by Gasteiger charge is -2.39. The molecule has 0 aliphatic carbocycles. The molecule has 0 aromatic carbocycles. The molecule has 0 amide bonds. The summed E-state index contributed by atoms with van der Waals surface area (Å²) in [5, 5.41) is 60.1. The lowest BCUT2D eigenvalue weighted by atomic mass is 10.3. The van der Waals surface area contributed by atoms with Crippen molar-refractivity contribution in [3.8, 4) is 0 Å². The molecule has 566 valence electrons. The number of aliphatic hydroxyl groups is 7. The Morgan fingerprint density at radius 3 is 0.685 bits per heavy atom. The van der Waals surface area contributed by atoms with Gasteiger partial charge in [0.15, 0.2) is 49.9 Å². The van der Waals surface area contributed by atoms with Crippen molar-refractivity contribution in [2.75, 3.05) is 161 Å². The van der Waals surface area contributed by atoms with Crippen molar-refractivity contribution in [2.45, 2.75) is 219 Å². The van der Waals surface area contributed by atoms with E-state index >= 15 is 0 Å². The first-order chi connectivity index (χ1) is 43.7. The Hall–Kier alpha value is 3.57. The Labute approximate surface area is 600 Å². The predicted molar refractivity (Wildman–Crippen MR) is 437 cm³/mol. The first-order valence-electron chi connectivity index (χ1n) is 34.5. The quantitative estimate of drug-likeness (QED) is 0.0170. The molecule has 0 aromatic rings. The van der Waals surface area contributed by atoms with E-state index in [1.807, 2.05) is 38.8 Å². The zero-order valence-electron chi connectivity index (χ0n) is 66.9. The average molecular weight is 1600 g/mol. The third-order valence-corrected chi connectivity index (χ3v) is 52.8. The molecular formula is C59H153O18P3S3Si9. The third-order valence-electron chi connectivity index (χ3n) is 12.0. The van der Waals surface area contributed by atoms with Crippen molar-refractivity contribution in [1.82, 2.24) is 0 Å². The molecule has 7 N–H and O–H groups in total. The topological polar surface area (TPSA) is 243 Å². The van der Waals surface area contributed by atoms with Crippen molar-refractivity contribution in [3.05, 3.63) is 0 Å². The van der Waals surface area contributed by atoms with Gasteiger partial charge in [-0.2, -0.15) is 35.3 Å². The number of ether oxygens (including phenoxy) is 5. The standard InChI is InChI=1S/2C16H40O6Si3.C14H36O4Si3.C4H10O2.3C3H9PS/c2*1-23(2,15-7-11-19-13-9-17)21-25(5,6)22-24(3,4)16-8-12-20-14-10-18;1-8-19(2,3)17-21(6,7)18-20(4,5)14-10-13-16-12-9-11-15;1-4(6)2-3-5;3*1-4-3-5-2/h2*17-18H,7-16H2,1-6H3;15H,8-14H2,1-7H3;4-6H,2-3H2,1H3;3*4H,3H2,1-2H3/i;;;;3*4D. The second kappa shape index (κ2) is 69.0. The van der Waals surface area contributed by atoms with Crippen LogP contribution in [0.15, 0.2) is 0 Å². The zero-order valence-corrected chi connectivity index (χ0v) is 78.0. The first kappa shape index (κ1) is 102. The maximum Gasteiger partial charge on any atom is 0.311 e. The van der Waals surface area contributed by atoms with Gasteiger partial charge in [-0.25, -0.2) is 0 Å². The largest absolute Gasteiger partial charge is 0.437 e.